The van der Waals surface area contributed by atoms with Gasteiger partial charge in [0.05, 0.1) is 6.61 Å². The molecule has 2 heteroatoms. The number of ether oxygens (including phenoxy) is 1. The first-order valence-corrected chi connectivity index (χ1v) is 6.13. The summed E-state index contributed by atoms with van der Waals surface area (Å²) in [5.74, 6) is 0. The van der Waals surface area contributed by atoms with Crippen LogP contribution < -0.4 is 0 Å². The second-order valence-corrected chi connectivity index (χ2v) is 4.96. The molecule has 0 aromatic rings. The maximum Gasteiger partial charge on any atom is 0.0650 e. The van der Waals surface area contributed by atoms with E-state index >= 15 is 0 Å². The van der Waals surface area contributed by atoms with Crippen LogP contribution in [0, 0.1) is 0 Å². The van der Waals surface area contributed by atoms with Gasteiger partial charge in [-0.2, -0.15) is 0 Å². The largest absolute Gasteiger partial charge is 0.380 e. The quantitative estimate of drug-likeness (QED) is 0.642. The van der Waals surface area contributed by atoms with E-state index in [9.17, 15) is 0 Å². The molecular formula is C12H23NO. The highest BCUT2D eigenvalue weighted by atomic mass is 16.5. The number of nitrogens with zero attached hydrogens (tertiary/aromatic N) is 1. The van der Waals surface area contributed by atoms with Crippen LogP contribution in [0.1, 0.15) is 46.0 Å². The predicted molar refractivity (Wildman–Crippen MR) is 58.5 cm³/mol. The summed E-state index contributed by atoms with van der Waals surface area (Å²) in [6.45, 7) is 7.76. The van der Waals surface area contributed by atoms with E-state index in [2.05, 4.69) is 18.7 Å². The van der Waals surface area contributed by atoms with E-state index in [1.165, 1.54) is 32.2 Å². The topological polar surface area (TPSA) is 12.5 Å². The average molecular weight is 197 g/mol. The minimum absolute atomic E-state index is 0.439. The summed E-state index contributed by atoms with van der Waals surface area (Å²) in [5, 5.41) is 0. The average Bonchev–Trinajstić information content (AvgIpc) is 2.69. The van der Waals surface area contributed by atoms with Crippen LogP contribution >= 0.6 is 0 Å². The Labute approximate surface area is 87.6 Å². The third-order valence-corrected chi connectivity index (χ3v) is 3.93. The van der Waals surface area contributed by atoms with Gasteiger partial charge in [0, 0.05) is 18.2 Å². The predicted octanol–water partition coefficient (Wildman–Crippen LogP) is 2.43. The van der Waals surface area contributed by atoms with Gasteiger partial charge in [0.15, 0.2) is 0 Å². The zero-order valence-corrected chi connectivity index (χ0v) is 9.59. The normalized spacial score (nSPS) is 37.7. The van der Waals surface area contributed by atoms with E-state index in [-0.39, 0.29) is 0 Å². The molecule has 82 valence electrons. The Morgan fingerprint density at radius 2 is 2.29 bits per heavy atom. The third kappa shape index (κ3) is 1.70. The second kappa shape index (κ2) is 4.19. The Balaban J connectivity index is 1.92. The van der Waals surface area contributed by atoms with E-state index in [0.29, 0.717) is 5.54 Å². The zero-order chi connectivity index (χ0) is 10.0. The van der Waals surface area contributed by atoms with E-state index in [1.807, 2.05) is 0 Å². The van der Waals surface area contributed by atoms with Crippen molar-refractivity contribution in [3.8, 4) is 0 Å². The van der Waals surface area contributed by atoms with Gasteiger partial charge in [0.25, 0.3) is 0 Å². The first-order chi connectivity index (χ1) is 6.78. The molecular weight excluding hydrogens is 174 g/mol. The second-order valence-electron chi connectivity index (χ2n) is 4.96. The molecule has 0 N–H and O–H groups in total. The standard InChI is InChI=1S/C12H23NO/c1-3-9-14-10-12-6-4-8-13(12)11(2)5-7-12/h11H,3-10H2,1-2H3/t11-,12-/m0/s1. The number of hydrogen-bond acceptors (Lipinski definition) is 2. The van der Waals surface area contributed by atoms with Crippen LogP contribution in [0.5, 0.6) is 0 Å². The summed E-state index contributed by atoms with van der Waals surface area (Å²) in [6, 6.07) is 0.794. The monoisotopic (exact) mass is 197 g/mol. The molecule has 0 aromatic carbocycles. The Hall–Kier alpha value is -0.0800. The van der Waals surface area contributed by atoms with Crippen molar-refractivity contribution in [2.45, 2.75) is 57.5 Å². The molecule has 2 saturated heterocycles. The number of hydrogen-bond donors (Lipinski definition) is 0. The molecule has 0 radical (unpaired) electrons. The molecule has 0 saturated carbocycles. The van der Waals surface area contributed by atoms with Gasteiger partial charge in [0.2, 0.25) is 0 Å². The molecule has 2 aliphatic rings. The summed E-state index contributed by atoms with van der Waals surface area (Å²) in [5.41, 5.74) is 0.439. The van der Waals surface area contributed by atoms with Gasteiger partial charge in [-0.05, 0) is 45.6 Å². The lowest BCUT2D eigenvalue weighted by atomic mass is 9.95. The smallest absolute Gasteiger partial charge is 0.0650 e. The molecule has 0 amide bonds. The summed E-state index contributed by atoms with van der Waals surface area (Å²) in [6.07, 6.45) is 6.61. The molecule has 2 rings (SSSR count). The molecule has 0 spiro atoms. The van der Waals surface area contributed by atoms with Crippen molar-refractivity contribution >= 4 is 0 Å². The van der Waals surface area contributed by atoms with Crippen molar-refractivity contribution in [1.29, 1.82) is 0 Å². The molecule has 2 atom stereocenters. The van der Waals surface area contributed by atoms with Crippen LogP contribution in [0.4, 0.5) is 0 Å². The van der Waals surface area contributed by atoms with E-state index in [0.717, 1.165) is 25.7 Å². The van der Waals surface area contributed by atoms with Gasteiger partial charge in [-0.1, -0.05) is 6.92 Å². The van der Waals surface area contributed by atoms with Crippen molar-refractivity contribution in [1.82, 2.24) is 4.90 Å². The maximum atomic E-state index is 5.78. The maximum absolute atomic E-state index is 5.78. The fraction of sp³-hybridized carbons (Fsp3) is 1.00. The Morgan fingerprint density at radius 1 is 1.43 bits per heavy atom. The van der Waals surface area contributed by atoms with Crippen LogP contribution in [0.25, 0.3) is 0 Å². The molecule has 0 aromatic heterocycles. The Morgan fingerprint density at radius 3 is 3.07 bits per heavy atom. The van der Waals surface area contributed by atoms with Gasteiger partial charge in [-0.3, -0.25) is 4.90 Å². The minimum atomic E-state index is 0.439. The van der Waals surface area contributed by atoms with E-state index < -0.39 is 0 Å². The highest BCUT2D eigenvalue weighted by molar-refractivity contribution is 5.03. The Bertz CT molecular complexity index is 195. The minimum Gasteiger partial charge on any atom is -0.380 e. The fourth-order valence-corrected chi connectivity index (χ4v) is 3.18. The molecule has 2 nitrogen and oxygen atoms in total. The van der Waals surface area contributed by atoms with Crippen molar-refractivity contribution in [3.05, 3.63) is 0 Å². The first kappa shape index (κ1) is 10.4. The van der Waals surface area contributed by atoms with Crippen LogP contribution in [-0.2, 0) is 4.74 Å². The van der Waals surface area contributed by atoms with Crippen LogP contribution in [-0.4, -0.2) is 36.2 Å². The molecule has 0 aliphatic carbocycles. The van der Waals surface area contributed by atoms with Crippen molar-refractivity contribution in [3.63, 3.8) is 0 Å². The van der Waals surface area contributed by atoms with Crippen molar-refractivity contribution < 1.29 is 4.74 Å². The molecule has 0 unspecified atom stereocenters. The van der Waals surface area contributed by atoms with Gasteiger partial charge in [-0.25, -0.2) is 0 Å². The molecule has 2 aliphatic heterocycles. The highest BCUT2D eigenvalue weighted by Crippen LogP contribution is 2.42. The van der Waals surface area contributed by atoms with E-state index in [1.54, 1.807) is 0 Å². The van der Waals surface area contributed by atoms with E-state index in [4.69, 9.17) is 4.74 Å². The highest BCUT2D eigenvalue weighted by Gasteiger charge is 2.47. The van der Waals surface area contributed by atoms with Crippen molar-refractivity contribution in [2.75, 3.05) is 19.8 Å². The molecule has 2 heterocycles. The molecule has 14 heavy (non-hydrogen) atoms. The lowest BCUT2D eigenvalue weighted by Crippen LogP contribution is -2.45. The third-order valence-electron chi connectivity index (χ3n) is 3.93. The Kier molecular flexibility index (Phi) is 3.13. The lowest BCUT2D eigenvalue weighted by molar-refractivity contribution is 0.0264. The zero-order valence-electron chi connectivity index (χ0n) is 9.59. The fourth-order valence-electron chi connectivity index (χ4n) is 3.18. The van der Waals surface area contributed by atoms with Gasteiger partial charge < -0.3 is 4.74 Å². The van der Waals surface area contributed by atoms with Gasteiger partial charge >= 0.3 is 0 Å². The summed E-state index contributed by atoms with van der Waals surface area (Å²) in [7, 11) is 0. The van der Waals surface area contributed by atoms with Gasteiger partial charge in [0.1, 0.15) is 0 Å². The molecule has 2 fully saturated rings. The first-order valence-electron chi connectivity index (χ1n) is 6.13. The van der Waals surface area contributed by atoms with Crippen LogP contribution in [0.3, 0.4) is 0 Å². The summed E-state index contributed by atoms with van der Waals surface area (Å²) in [4.78, 5) is 2.70. The SMILES string of the molecule is CCCOC[C@@]12CCCN1[C@@H](C)CC2. The number of fused-ring (bicyclic) bond motifs is 1. The number of rotatable bonds is 4. The van der Waals surface area contributed by atoms with Gasteiger partial charge in [-0.15, -0.1) is 0 Å². The summed E-state index contributed by atoms with van der Waals surface area (Å²) < 4.78 is 5.78. The van der Waals surface area contributed by atoms with Crippen LogP contribution in [0.15, 0.2) is 0 Å². The molecule has 0 bridgehead atoms. The van der Waals surface area contributed by atoms with Crippen molar-refractivity contribution in [2.24, 2.45) is 0 Å². The van der Waals surface area contributed by atoms with Crippen LogP contribution in [0.2, 0.25) is 0 Å². The summed E-state index contributed by atoms with van der Waals surface area (Å²) >= 11 is 0. The lowest BCUT2D eigenvalue weighted by Gasteiger charge is -2.33.